The van der Waals surface area contributed by atoms with Crippen molar-refractivity contribution in [3.05, 3.63) is 142 Å². The first-order chi connectivity index (χ1) is 65.7. The number of cyclic esters (lactones) is 1. The number of oxazole rings is 1. The largest absolute Gasteiger partial charge is 0.460 e. The van der Waals surface area contributed by atoms with Crippen molar-refractivity contribution in [2.75, 3.05) is 141 Å². The van der Waals surface area contributed by atoms with Crippen LogP contribution in [0, 0.1) is 29.6 Å². The van der Waals surface area contributed by atoms with Gasteiger partial charge in [-0.15, -0.1) is 0 Å². The number of piperidine rings is 1. The van der Waals surface area contributed by atoms with Crippen LogP contribution in [0.2, 0.25) is 0 Å². The van der Waals surface area contributed by atoms with Crippen molar-refractivity contribution in [3.63, 3.8) is 0 Å². The predicted octanol–water partition coefficient (Wildman–Crippen LogP) is 9.35. The number of nitrogens with one attached hydrogen (secondary N) is 1. The zero-order valence-corrected chi connectivity index (χ0v) is 79.3. The van der Waals surface area contributed by atoms with E-state index in [0.29, 0.717) is 226 Å². The second-order valence-corrected chi connectivity index (χ2v) is 36.9. The van der Waals surface area contributed by atoms with Crippen LogP contribution in [0.3, 0.4) is 0 Å². The number of amides is 4. The number of benzene rings is 2. The van der Waals surface area contributed by atoms with E-state index in [1.165, 1.54) is 36.3 Å². The number of aromatic nitrogens is 9. The van der Waals surface area contributed by atoms with Crippen molar-refractivity contribution >= 4 is 93.0 Å². The van der Waals surface area contributed by atoms with Gasteiger partial charge in [-0.1, -0.05) is 82.4 Å². The smallest absolute Gasteiger partial charge is 0.410 e. The van der Waals surface area contributed by atoms with Crippen molar-refractivity contribution in [2.45, 2.75) is 219 Å². The van der Waals surface area contributed by atoms with Gasteiger partial charge in [0.2, 0.25) is 23.6 Å². The molecule has 14 rings (SSSR count). The fraction of sp³-hybridized carbons (Fsp3) is 0.576. The van der Waals surface area contributed by atoms with Crippen LogP contribution >= 0.6 is 0 Å². The van der Waals surface area contributed by atoms with Gasteiger partial charge < -0.3 is 98.5 Å². The second kappa shape index (κ2) is 47.6. The number of ketones is 3. The van der Waals surface area contributed by atoms with E-state index < -0.39 is 83.9 Å². The lowest BCUT2D eigenvalue weighted by Crippen LogP contribution is -2.60. The first-order valence-corrected chi connectivity index (χ1v) is 47.9. The van der Waals surface area contributed by atoms with E-state index in [1.54, 1.807) is 51.1 Å². The summed E-state index contributed by atoms with van der Waals surface area (Å²) in [6.07, 6.45) is 19.6. The van der Waals surface area contributed by atoms with E-state index in [-0.39, 0.29) is 106 Å². The minimum Gasteiger partial charge on any atom is -0.460 e. The lowest BCUT2D eigenvalue weighted by molar-refractivity contribution is -0.265. The molecule has 7 N–H and O–H groups in total. The molecule has 11 heterocycles. The number of esters is 1. The van der Waals surface area contributed by atoms with Gasteiger partial charge in [0.1, 0.15) is 59.6 Å². The number of nitrogens with zero attached hydrogens (tertiary/aromatic N) is 14. The summed E-state index contributed by atoms with van der Waals surface area (Å²) < 4.78 is 60.3. The topological polar surface area (TPSA) is 462 Å². The van der Waals surface area contributed by atoms with Crippen molar-refractivity contribution in [2.24, 2.45) is 29.6 Å². The number of carbonyl (C=O) groups excluding carboxylic acids is 8. The standard InChI is InChI=1S/C99H131N17O20/c1-61-14-10-9-11-15-62(2)82(127-7)53-76-24-17-66(6)99(126,136-76)89(121)93(123)115-33-13-12-16-79(115)94(124)133-75(52-80(117)63(3)49-65(5)87(120)88(128-8)86(119)64(4)48-61)27-21-67-19-25-74(26-20-67)134-98(125)114-35-30-77-73(59-114)56-105-97(109-77)112-38-36-111(37-39-112)96-103-54-72(55-104-96)92(122)102-32-41-130-43-45-132-47-46-131-44-42-129-40-31-83(118)113-34-29-69-50-68(18-22-71(69)58-113)57-116-91-84(90(100)106-60-107-91)85(110-116)70-23-28-81-78(51-70)108-95(101)135-81/h9-11,14-15,18,22-23,28,49-51,54-56,60-61,63-64,66-67,74-76,79,82,87-88,120,126H,12-13,16-17,19-21,24-27,29-48,52-53,57-59H2,1-8H3,(H2,101,108)(H,102,122)(H2,100,106,107)/b11-9+,14-10+,62-15+,65-49+/t61-,63-,64-,66-,67-,74-,75-,76?,79+,82+,87-,88+,99-/m1/s1. The molecule has 2 aromatic carbocycles. The van der Waals surface area contributed by atoms with E-state index in [4.69, 9.17) is 73.6 Å². The number of aliphatic hydroxyl groups is 2. The second-order valence-electron chi connectivity index (χ2n) is 36.9. The molecule has 3 saturated heterocycles. The molecule has 37 nitrogen and oxygen atoms in total. The number of anilines is 4. The van der Waals surface area contributed by atoms with Gasteiger partial charge in [-0.05, 0) is 155 Å². The number of piperazine rings is 1. The van der Waals surface area contributed by atoms with E-state index >= 15 is 0 Å². The molecule has 1 aliphatic carbocycles. The third kappa shape index (κ3) is 25.7. The van der Waals surface area contributed by atoms with Crippen LogP contribution in [0.1, 0.15) is 176 Å². The van der Waals surface area contributed by atoms with Gasteiger partial charge in [0.15, 0.2) is 17.0 Å². The van der Waals surface area contributed by atoms with E-state index in [2.05, 4.69) is 53.3 Å². The molecule has 7 aliphatic rings. The Bertz CT molecular complexity index is 5460. The maximum absolute atomic E-state index is 14.7. The number of ether oxygens (including phenoxy) is 9. The zero-order chi connectivity index (χ0) is 96.1. The molecule has 1 saturated carbocycles. The summed E-state index contributed by atoms with van der Waals surface area (Å²) in [6.45, 7) is 18.4. The average Bonchev–Trinajstić information content (AvgIpc) is 1.61. The molecule has 11 atom stereocenters. The first kappa shape index (κ1) is 101. The fourth-order valence-electron chi connectivity index (χ4n) is 19.1. The minimum atomic E-state index is -2.47. The molecule has 6 aliphatic heterocycles. The van der Waals surface area contributed by atoms with Crippen molar-refractivity contribution in [1.82, 2.24) is 64.7 Å². The predicted molar refractivity (Wildman–Crippen MR) is 503 cm³/mol. The van der Waals surface area contributed by atoms with E-state index in [1.807, 2.05) is 77.8 Å². The highest BCUT2D eigenvalue weighted by Gasteiger charge is 2.53. The summed E-state index contributed by atoms with van der Waals surface area (Å²) in [5.41, 5.74) is 21.9. The number of fused-ring (bicyclic) bond motifs is 7. The number of hydrogen-bond acceptors (Lipinski definition) is 32. The summed E-state index contributed by atoms with van der Waals surface area (Å²) in [4.78, 5) is 153. The Hall–Kier alpha value is -11.4. The van der Waals surface area contributed by atoms with Crippen LogP contribution < -0.4 is 26.6 Å². The van der Waals surface area contributed by atoms with Crippen LogP contribution in [-0.2, 0) is 104 Å². The average molecular weight is 1880 g/mol. The number of carbonyl (C=O) groups is 8. The van der Waals surface area contributed by atoms with E-state index in [9.17, 15) is 48.6 Å². The Kier molecular flexibility index (Phi) is 35.2. The molecule has 37 heteroatoms. The lowest BCUT2D eigenvalue weighted by atomic mass is 9.83. The van der Waals surface area contributed by atoms with Gasteiger partial charge in [-0.25, -0.2) is 44.2 Å². The fourth-order valence-corrected chi connectivity index (χ4v) is 19.1. The van der Waals surface area contributed by atoms with Gasteiger partial charge in [0.05, 0.1) is 101 Å². The molecule has 136 heavy (non-hydrogen) atoms. The summed E-state index contributed by atoms with van der Waals surface area (Å²) in [5, 5.41) is 32.2. The third-order valence-corrected chi connectivity index (χ3v) is 27.2. The molecule has 5 aromatic heterocycles. The number of aliphatic hydroxyl groups excluding tert-OH is 1. The summed E-state index contributed by atoms with van der Waals surface area (Å²) >= 11 is 0. The maximum atomic E-state index is 14.7. The molecule has 0 radical (unpaired) electrons. The van der Waals surface area contributed by atoms with Crippen LogP contribution in [0.15, 0.2) is 113 Å². The maximum Gasteiger partial charge on any atom is 0.410 e. The number of nitrogens with two attached hydrogens (primary N) is 2. The lowest BCUT2D eigenvalue weighted by Gasteiger charge is -2.42. The van der Waals surface area contributed by atoms with Crippen molar-refractivity contribution in [1.29, 1.82) is 0 Å². The quantitative estimate of drug-likeness (QED) is 0.0138. The van der Waals surface area contributed by atoms with Gasteiger partial charge in [0, 0.05) is 140 Å². The highest BCUT2D eigenvalue weighted by molar-refractivity contribution is 6.39. The summed E-state index contributed by atoms with van der Waals surface area (Å²) in [6, 6.07) is 10.7. The van der Waals surface area contributed by atoms with Gasteiger partial charge in [-0.2, -0.15) is 10.1 Å². The zero-order valence-electron chi connectivity index (χ0n) is 79.3. The van der Waals surface area contributed by atoms with Crippen LogP contribution in [-0.4, -0.2) is 285 Å². The highest BCUT2D eigenvalue weighted by atomic mass is 16.6. The van der Waals surface area contributed by atoms with E-state index in [0.717, 1.165) is 39.9 Å². The van der Waals surface area contributed by atoms with Crippen molar-refractivity contribution in [3.8, 4) is 11.3 Å². The van der Waals surface area contributed by atoms with Crippen LogP contribution in [0.25, 0.3) is 33.4 Å². The first-order valence-electron chi connectivity index (χ1n) is 47.9. The number of allylic oxidation sites excluding steroid dienone is 6. The normalized spacial score (nSPS) is 26.3. The van der Waals surface area contributed by atoms with Gasteiger partial charge in [-0.3, -0.25) is 28.8 Å². The minimum absolute atomic E-state index is 0.0152. The molecule has 0 spiro atoms. The summed E-state index contributed by atoms with van der Waals surface area (Å²) in [5.74, 6) is -6.81. The SMILES string of the molecule is CO[C@H]1CC2CC[C@@H](C)[C@@](O)(O2)C(=O)C(=O)N2CCCC[C@H]2C(=O)O[C@H](CC[C@H]2CC[C@H](OC(=O)N3CCc4nc(N5CCN(c6ncc(C(=O)NCCOCCOCCOCCOCCC(=O)N7CCc8cc(Cn9nc(-c%10ccc%11oc(N)nc%11c%10)c%10c(N)ncnc%109)ccc8C7)cn6)CC5)ncc4C3)CC2)CC(=O)[C@H](C)/C=C(\C)[C@@H](O)[C@@H](OC)C(=O)[C@H](C)C[C@H](C)/C=C/C=C/C=C/1C. The van der Waals surface area contributed by atoms with Crippen LogP contribution in [0.5, 0.6) is 0 Å². The molecule has 4 amide bonds. The monoisotopic (exact) mass is 1880 g/mol. The summed E-state index contributed by atoms with van der Waals surface area (Å²) in [7, 11) is 2.94. The third-order valence-electron chi connectivity index (χ3n) is 27.2. The number of hydrogen-bond donors (Lipinski definition) is 5. The Morgan fingerprint density at radius 2 is 1.40 bits per heavy atom. The molecule has 4 fully saturated rings. The molecular weight excluding hydrogens is 1750 g/mol. The molecule has 2 bridgehead atoms. The molecule has 1 unspecified atom stereocenters. The van der Waals surface area contributed by atoms with Gasteiger partial charge in [0.25, 0.3) is 23.6 Å². The molecular formula is C99H131N17O20. The van der Waals surface area contributed by atoms with Crippen molar-refractivity contribution < 1.29 is 95.6 Å². The Morgan fingerprint density at radius 1 is 0.684 bits per heavy atom. The van der Waals surface area contributed by atoms with Crippen LogP contribution in [0.4, 0.5) is 28.5 Å². The Labute approximate surface area is 792 Å². The number of methoxy groups -OCH3 is 2. The van der Waals surface area contributed by atoms with Gasteiger partial charge >= 0.3 is 12.1 Å². The molecule has 7 aromatic rings. The number of nitrogen functional groups attached to an aromatic ring is 2. The Balaban J connectivity index is 0.464. The number of Topliss-reactive ketones (excluding diaryl/α,β-unsaturated/α-hetero) is 3. The number of rotatable bonds is 27. The highest BCUT2D eigenvalue weighted by Crippen LogP contribution is 2.40. The molecule has 732 valence electrons. The Morgan fingerprint density at radius 3 is 2.14 bits per heavy atom.